The second kappa shape index (κ2) is 4.77. The van der Waals surface area contributed by atoms with Gasteiger partial charge in [-0.15, -0.1) is 23.1 Å². The summed E-state index contributed by atoms with van der Waals surface area (Å²) in [6.45, 7) is 1.09. The predicted octanol–water partition coefficient (Wildman–Crippen LogP) is 2.06. The summed E-state index contributed by atoms with van der Waals surface area (Å²) in [5, 5.41) is 5.23. The van der Waals surface area contributed by atoms with E-state index in [1.165, 1.54) is 4.21 Å². The predicted molar refractivity (Wildman–Crippen MR) is 49.0 cm³/mol. The number of rotatable bonds is 4. The minimum atomic E-state index is 1.09. The fourth-order valence-corrected chi connectivity index (χ4v) is 2.42. The molecule has 0 saturated carbocycles. The first-order valence-electron chi connectivity index (χ1n) is 3.24. The van der Waals surface area contributed by atoms with E-state index in [9.17, 15) is 0 Å². The Hall–Kier alpha value is 0.01000. The van der Waals surface area contributed by atoms with Crippen LogP contribution in [0.4, 0.5) is 0 Å². The number of hydrogen-bond donors (Lipinski definition) is 1. The van der Waals surface area contributed by atoms with Gasteiger partial charge in [0.2, 0.25) is 0 Å². The smallest absolute Gasteiger partial charge is 0.0598 e. The third-order valence-electron chi connectivity index (χ3n) is 1.09. The van der Waals surface area contributed by atoms with E-state index in [2.05, 4.69) is 22.8 Å². The highest BCUT2D eigenvalue weighted by molar-refractivity contribution is 8.01. The van der Waals surface area contributed by atoms with Crippen LogP contribution in [0, 0.1) is 0 Å². The summed E-state index contributed by atoms with van der Waals surface area (Å²) in [6, 6.07) is 4.25. The molecule has 0 atom stereocenters. The maximum absolute atomic E-state index is 3.11. The van der Waals surface area contributed by atoms with Crippen LogP contribution in [-0.2, 0) is 0 Å². The molecule has 1 aromatic heterocycles. The topological polar surface area (TPSA) is 12.0 Å². The van der Waals surface area contributed by atoms with Crippen LogP contribution in [0.1, 0.15) is 0 Å². The SMILES string of the molecule is CNCCSc1cccs1. The van der Waals surface area contributed by atoms with Gasteiger partial charge < -0.3 is 5.32 Å². The summed E-state index contributed by atoms with van der Waals surface area (Å²) in [5.74, 6) is 1.16. The lowest BCUT2D eigenvalue weighted by Crippen LogP contribution is -2.09. The molecule has 1 N–H and O–H groups in total. The largest absolute Gasteiger partial charge is 0.319 e. The normalized spacial score (nSPS) is 10.1. The third kappa shape index (κ3) is 2.73. The molecule has 56 valence electrons. The monoisotopic (exact) mass is 173 g/mol. The molecule has 1 heterocycles. The van der Waals surface area contributed by atoms with Crippen LogP contribution in [0.2, 0.25) is 0 Å². The molecule has 1 aromatic rings. The molecule has 0 bridgehead atoms. The van der Waals surface area contributed by atoms with Crippen molar-refractivity contribution in [1.29, 1.82) is 0 Å². The van der Waals surface area contributed by atoms with Crippen molar-refractivity contribution < 1.29 is 0 Å². The lowest BCUT2D eigenvalue weighted by Gasteiger charge is -1.95. The Morgan fingerprint density at radius 3 is 3.20 bits per heavy atom. The van der Waals surface area contributed by atoms with E-state index in [4.69, 9.17) is 0 Å². The van der Waals surface area contributed by atoms with Crippen LogP contribution in [0.3, 0.4) is 0 Å². The van der Waals surface area contributed by atoms with Gasteiger partial charge in [-0.25, -0.2) is 0 Å². The zero-order valence-corrected chi connectivity index (χ0v) is 7.60. The van der Waals surface area contributed by atoms with Crippen molar-refractivity contribution in [2.24, 2.45) is 0 Å². The molecule has 10 heavy (non-hydrogen) atoms. The molecule has 0 aliphatic heterocycles. The molecule has 0 aliphatic rings. The molecule has 0 amide bonds. The van der Waals surface area contributed by atoms with Crippen molar-refractivity contribution in [1.82, 2.24) is 5.32 Å². The van der Waals surface area contributed by atoms with Crippen LogP contribution in [0.5, 0.6) is 0 Å². The molecular formula is C7H11NS2. The van der Waals surface area contributed by atoms with Gasteiger partial charge in [-0.1, -0.05) is 6.07 Å². The van der Waals surface area contributed by atoms with Crippen LogP contribution in [-0.4, -0.2) is 19.3 Å². The summed E-state index contributed by atoms with van der Waals surface area (Å²) in [4.78, 5) is 0. The van der Waals surface area contributed by atoms with Gasteiger partial charge in [0.25, 0.3) is 0 Å². The average molecular weight is 173 g/mol. The number of thioether (sulfide) groups is 1. The van der Waals surface area contributed by atoms with E-state index in [-0.39, 0.29) is 0 Å². The molecule has 1 rings (SSSR count). The maximum atomic E-state index is 3.11. The fraction of sp³-hybridized carbons (Fsp3) is 0.429. The first-order chi connectivity index (χ1) is 4.93. The van der Waals surface area contributed by atoms with Gasteiger partial charge >= 0.3 is 0 Å². The maximum Gasteiger partial charge on any atom is 0.0598 e. The van der Waals surface area contributed by atoms with Gasteiger partial charge in [-0.3, -0.25) is 0 Å². The van der Waals surface area contributed by atoms with Crippen LogP contribution in [0.15, 0.2) is 21.7 Å². The first-order valence-corrected chi connectivity index (χ1v) is 5.11. The average Bonchev–Trinajstić information content (AvgIpc) is 2.41. The van der Waals surface area contributed by atoms with Crippen LogP contribution < -0.4 is 5.32 Å². The van der Waals surface area contributed by atoms with E-state index in [0.717, 1.165) is 12.3 Å². The lowest BCUT2D eigenvalue weighted by atomic mass is 10.7. The molecule has 0 unspecified atom stereocenters. The molecule has 0 radical (unpaired) electrons. The first kappa shape index (κ1) is 8.11. The van der Waals surface area contributed by atoms with Gasteiger partial charge in [0.1, 0.15) is 0 Å². The van der Waals surface area contributed by atoms with Crippen molar-refractivity contribution in [3.63, 3.8) is 0 Å². The van der Waals surface area contributed by atoms with Crippen molar-refractivity contribution in [3.8, 4) is 0 Å². The van der Waals surface area contributed by atoms with E-state index in [1.807, 2.05) is 30.1 Å². The fourth-order valence-electron chi connectivity index (χ4n) is 0.599. The summed E-state index contributed by atoms with van der Waals surface area (Å²) in [5.41, 5.74) is 0. The summed E-state index contributed by atoms with van der Waals surface area (Å²) >= 11 is 3.72. The van der Waals surface area contributed by atoms with Gasteiger partial charge in [0.15, 0.2) is 0 Å². The van der Waals surface area contributed by atoms with Gasteiger partial charge in [0.05, 0.1) is 4.21 Å². The van der Waals surface area contributed by atoms with Crippen molar-refractivity contribution in [2.45, 2.75) is 4.21 Å². The quantitative estimate of drug-likeness (QED) is 0.552. The highest BCUT2D eigenvalue weighted by atomic mass is 32.2. The number of hydrogen-bond acceptors (Lipinski definition) is 3. The van der Waals surface area contributed by atoms with E-state index >= 15 is 0 Å². The Kier molecular flexibility index (Phi) is 3.87. The van der Waals surface area contributed by atoms with E-state index in [0.29, 0.717) is 0 Å². The van der Waals surface area contributed by atoms with Crippen LogP contribution >= 0.6 is 23.1 Å². The molecular weight excluding hydrogens is 162 g/mol. The Labute approximate surface area is 69.8 Å². The molecule has 3 heteroatoms. The van der Waals surface area contributed by atoms with Crippen molar-refractivity contribution in [3.05, 3.63) is 17.5 Å². The zero-order chi connectivity index (χ0) is 7.23. The molecule has 0 aliphatic carbocycles. The Morgan fingerprint density at radius 1 is 1.70 bits per heavy atom. The Bertz CT molecular complexity index is 160. The summed E-state index contributed by atoms with van der Waals surface area (Å²) < 4.78 is 1.41. The standard InChI is InChI=1S/C7H11NS2/c1-8-4-6-10-7-3-2-5-9-7/h2-3,5,8H,4,6H2,1H3. The summed E-state index contributed by atoms with van der Waals surface area (Å²) in [6.07, 6.45) is 0. The third-order valence-corrected chi connectivity index (χ3v) is 3.22. The second-order valence-electron chi connectivity index (χ2n) is 1.88. The molecule has 0 spiro atoms. The van der Waals surface area contributed by atoms with E-state index < -0.39 is 0 Å². The molecule has 0 fully saturated rings. The Balaban J connectivity index is 2.15. The highest BCUT2D eigenvalue weighted by Gasteiger charge is 1.91. The van der Waals surface area contributed by atoms with Gasteiger partial charge in [-0.2, -0.15) is 0 Å². The highest BCUT2D eigenvalue weighted by Crippen LogP contribution is 2.22. The minimum Gasteiger partial charge on any atom is -0.319 e. The molecule has 0 aromatic carbocycles. The minimum absolute atomic E-state index is 1.09. The van der Waals surface area contributed by atoms with Crippen molar-refractivity contribution >= 4 is 23.1 Å². The zero-order valence-electron chi connectivity index (χ0n) is 5.96. The summed E-state index contributed by atoms with van der Waals surface area (Å²) in [7, 11) is 1.98. The number of nitrogens with one attached hydrogen (secondary N) is 1. The van der Waals surface area contributed by atoms with Gasteiger partial charge in [0, 0.05) is 12.3 Å². The van der Waals surface area contributed by atoms with Crippen LogP contribution in [0.25, 0.3) is 0 Å². The molecule has 0 saturated heterocycles. The van der Waals surface area contributed by atoms with Crippen molar-refractivity contribution in [2.75, 3.05) is 19.3 Å². The number of thiophene rings is 1. The van der Waals surface area contributed by atoms with Gasteiger partial charge in [-0.05, 0) is 18.5 Å². The van der Waals surface area contributed by atoms with E-state index in [1.54, 1.807) is 0 Å². The lowest BCUT2D eigenvalue weighted by molar-refractivity contribution is 0.872. The second-order valence-corrected chi connectivity index (χ2v) is 4.23. The Morgan fingerprint density at radius 2 is 2.60 bits per heavy atom. The molecule has 1 nitrogen and oxygen atoms in total.